The first-order valence-electron chi connectivity index (χ1n) is 28.4. The van der Waals surface area contributed by atoms with Crippen LogP contribution < -0.4 is 42.8 Å². The molecular weight excluding hydrogens is 1000 g/mol. The van der Waals surface area contributed by atoms with Gasteiger partial charge in [0.2, 0.25) is 35.4 Å². The third-order valence-corrected chi connectivity index (χ3v) is 15.3. The van der Waals surface area contributed by atoms with Crippen molar-refractivity contribution in [1.29, 1.82) is 0 Å². The minimum absolute atomic E-state index is 0.0656. The van der Waals surface area contributed by atoms with E-state index in [1.807, 2.05) is 60.7 Å². The Morgan fingerprint density at radius 1 is 0.684 bits per heavy atom. The molecule has 4 aromatic rings. The van der Waals surface area contributed by atoms with Gasteiger partial charge in [-0.05, 0) is 147 Å². The number of ether oxygens (including phenoxy) is 1. The highest BCUT2D eigenvalue weighted by Crippen LogP contribution is 2.28. The number of rotatable bonds is 18. The summed E-state index contributed by atoms with van der Waals surface area (Å²) in [6.45, 7) is 7.18. The van der Waals surface area contributed by atoms with Crippen molar-refractivity contribution in [3.05, 3.63) is 108 Å². The van der Waals surface area contributed by atoms with E-state index in [4.69, 9.17) is 16.2 Å². The van der Waals surface area contributed by atoms with Crippen LogP contribution in [0.3, 0.4) is 0 Å². The Balaban J connectivity index is 1.10. The number of phenols is 1. The molecule has 4 aromatic carbocycles. The second-order valence-corrected chi connectivity index (χ2v) is 21.6. The Morgan fingerprint density at radius 2 is 1.33 bits per heavy atom. The minimum atomic E-state index is -1.16. The summed E-state index contributed by atoms with van der Waals surface area (Å²) in [6.07, 6.45) is 7.52. The van der Waals surface area contributed by atoms with Crippen molar-refractivity contribution in [2.75, 3.05) is 32.8 Å². The number of fused-ring (bicyclic) bond motifs is 2. The van der Waals surface area contributed by atoms with Gasteiger partial charge in [0, 0.05) is 31.2 Å². The van der Waals surface area contributed by atoms with Crippen LogP contribution in [0.5, 0.6) is 11.5 Å². The Bertz CT molecular complexity index is 2680. The van der Waals surface area contributed by atoms with Crippen molar-refractivity contribution in [3.8, 4) is 33.8 Å². The van der Waals surface area contributed by atoms with Gasteiger partial charge in [0.15, 0.2) is 0 Å². The Labute approximate surface area is 464 Å². The number of amides is 7. The molecule has 10 N–H and O–H groups in total. The number of nitrogens with one attached hydrogen (secondary N) is 5. The summed E-state index contributed by atoms with van der Waals surface area (Å²) in [5.41, 5.74) is 17.3. The standard InChI is InChI=1S/C61H81N9O9/c1-4-5-6-9-36-79-48-30-26-44(27-31-48)42-20-18-41(19-21-42)43-22-24-45(25-23-43)55(72)65-49-13-10-34-64-58(75)53-37-46(63)38-70(53)60(77)51(12-7-8-33-62)67-56(73)50(32-17-40-15-28-47(71)29-16-40)66-59(76)52-14-11-35-69(52)61(78)54(39(2)3)68-57(49)74/h15-16,18-31,39,46,49-54,71H,4-14,17,32-38,62-63H2,1-3H3,(H,64,75)(H,65,72)(H,66,76)(H,67,73)(H,68,74)/t46-,49-,50-,51-,52-,53-,54-/m0/s1. The van der Waals surface area contributed by atoms with Crippen molar-refractivity contribution in [2.24, 2.45) is 17.4 Å². The van der Waals surface area contributed by atoms with Crippen molar-refractivity contribution in [3.63, 3.8) is 0 Å². The van der Waals surface area contributed by atoms with E-state index in [1.54, 1.807) is 38.1 Å². The quantitative estimate of drug-likeness (QED) is 0.0578. The summed E-state index contributed by atoms with van der Waals surface area (Å²) >= 11 is 0. The molecule has 0 aromatic heterocycles. The largest absolute Gasteiger partial charge is 0.508 e. The van der Waals surface area contributed by atoms with Crippen LogP contribution >= 0.6 is 0 Å². The zero-order chi connectivity index (χ0) is 56.4. The van der Waals surface area contributed by atoms with Crippen LogP contribution in [-0.2, 0) is 35.2 Å². The second kappa shape index (κ2) is 29.1. The molecule has 3 fully saturated rings. The maximum Gasteiger partial charge on any atom is 0.251 e. The van der Waals surface area contributed by atoms with Gasteiger partial charge in [-0.3, -0.25) is 33.6 Å². The fourth-order valence-electron chi connectivity index (χ4n) is 10.6. The van der Waals surface area contributed by atoms with Crippen molar-refractivity contribution in [2.45, 2.75) is 153 Å². The van der Waals surface area contributed by atoms with E-state index in [0.717, 1.165) is 46.4 Å². The van der Waals surface area contributed by atoms with E-state index in [9.17, 15) is 38.7 Å². The lowest BCUT2D eigenvalue weighted by atomic mass is 9.99. The highest BCUT2D eigenvalue weighted by Gasteiger charge is 2.43. The molecule has 0 aliphatic carbocycles. The first-order chi connectivity index (χ1) is 38.1. The van der Waals surface area contributed by atoms with E-state index in [-0.39, 0.29) is 57.5 Å². The Hall–Kier alpha value is -7.31. The van der Waals surface area contributed by atoms with Gasteiger partial charge in [0.1, 0.15) is 47.8 Å². The number of nitrogens with zero attached hydrogens (tertiary/aromatic N) is 2. The average Bonchev–Trinajstić information content (AvgIpc) is 4.14. The van der Waals surface area contributed by atoms with Crippen molar-refractivity contribution in [1.82, 2.24) is 36.4 Å². The van der Waals surface area contributed by atoms with Gasteiger partial charge in [0.05, 0.1) is 6.61 Å². The predicted molar refractivity (Wildman–Crippen MR) is 303 cm³/mol. The second-order valence-electron chi connectivity index (χ2n) is 21.6. The molecule has 7 atom stereocenters. The number of hydrogen-bond donors (Lipinski definition) is 8. The van der Waals surface area contributed by atoms with E-state index < -0.39 is 89.6 Å². The van der Waals surface area contributed by atoms with Gasteiger partial charge < -0.3 is 57.7 Å². The van der Waals surface area contributed by atoms with Crippen LogP contribution in [0.25, 0.3) is 22.3 Å². The number of aryl methyl sites for hydroxylation is 1. The highest BCUT2D eigenvalue weighted by atomic mass is 16.5. The summed E-state index contributed by atoms with van der Waals surface area (Å²) in [5.74, 6) is -3.31. The van der Waals surface area contributed by atoms with Gasteiger partial charge in [-0.1, -0.05) is 101 Å². The molecule has 3 heterocycles. The van der Waals surface area contributed by atoms with Crippen LogP contribution in [0.2, 0.25) is 0 Å². The van der Waals surface area contributed by atoms with Crippen molar-refractivity contribution < 1.29 is 43.4 Å². The fourth-order valence-corrected chi connectivity index (χ4v) is 10.6. The van der Waals surface area contributed by atoms with Crippen LogP contribution in [-0.4, -0.2) is 131 Å². The number of carbonyl (C=O) groups is 7. The maximum atomic E-state index is 14.6. The summed E-state index contributed by atoms with van der Waals surface area (Å²) in [7, 11) is 0. The van der Waals surface area contributed by atoms with Gasteiger partial charge in [-0.15, -0.1) is 0 Å². The van der Waals surface area contributed by atoms with E-state index >= 15 is 0 Å². The third kappa shape index (κ3) is 16.4. The molecule has 0 spiro atoms. The highest BCUT2D eigenvalue weighted by molar-refractivity contribution is 6.00. The maximum absolute atomic E-state index is 14.6. The first-order valence-corrected chi connectivity index (χ1v) is 28.4. The molecule has 0 bridgehead atoms. The summed E-state index contributed by atoms with van der Waals surface area (Å²) < 4.78 is 5.93. The number of unbranched alkanes of at least 4 members (excludes halogenated alkanes) is 4. The predicted octanol–water partition coefficient (Wildman–Crippen LogP) is 5.49. The Kier molecular flexibility index (Phi) is 21.8. The number of benzene rings is 4. The van der Waals surface area contributed by atoms with Crippen molar-refractivity contribution >= 4 is 41.4 Å². The Morgan fingerprint density at radius 3 is 1.97 bits per heavy atom. The molecule has 79 heavy (non-hydrogen) atoms. The molecule has 18 heteroatoms. The van der Waals surface area contributed by atoms with Crippen LogP contribution in [0.4, 0.5) is 0 Å². The molecule has 7 rings (SSSR count). The summed E-state index contributed by atoms with van der Waals surface area (Å²) in [5, 5.41) is 24.4. The van der Waals surface area contributed by atoms with Gasteiger partial charge in [0.25, 0.3) is 5.91 Å². The number of carbonyl (C=O) groups excluding carboxylic acids is 7. The minimum Gasteiger partial charge on any atom is -0.508 e. The molecule has 424 valence electrons. The lowest BCUT2D eigenvalue weighted by Gasteiger charge is -2.32. The SMILES string of the molecule is CCCCCCOc1ccc(-c2ccc(-c3ccc(C(=O)N[C@H]4CCCNC(=O)[C@@H]5C[C@H](N)CN5C(=O)[C@H](CCCCN)NC(=O)[C@H](CCc5ccc(O)cc5)NC(=O)[C@@H]5CCCN5C(=O)[C@H](C(C)C)NC4=O)cc3)cc2)cc1. The first kappa shape index (κ1) is 59.4. The molecule has 0 saturated carbocycles. The topological polar surface area (TPSA) is 268 Å². The van der Waals surface area contributed by atoms with E-state index in [0.29, 0.717) is 50.8 Å². The van der Waals surface area contributed by atoms with Crippen LogP contribution in [0.1, 0.15) is 120 Å². The average molecular weight is 1080 g/mol. The molecule has 3 aliphatic rings. The van der Waals surface area contributed by atoms with Crippen LogP contribution in [0, 0.1) is 5.92 Å². The summed E-state index contributed by atoms with van der Waals surface area (Å²) in [6, 6.07) is 22.8. The molecule has 3 aliphatic heterocycles. The zero-order valence-electron chi connectivity index (χ0n) is 46.1. The van der Waals surface area contributed by atoms with Gasteiger partial charge >= 0.3 is 0 Å². The third-order valence-electron chi connectivity index (χ3n) is 15.3. The molecular formula is C61H81N9O9. The summed E-state index contributed by atoms with van der Waals surface area (Å²) in [4.78, 5) is 103. The van der Waals surface area contributed by atoms with Crippen LogP contribution in [0.15, 0.2) is 97.1 Å². The number of aromatic hydroxyl groups is 1. The fraction of sp³-hybridized carbons (Fsp3) is 0.492. The zero-order valence-corrected chi connectivity index (χ0v) is 46.1. The lowest BCUT2D eigenvalue weighted by Crippen LogP contribution is -2.60. The van der Waals surface area contributed by atoms with E-state index in [1.165, 1.54) is 34.8 Å². The normalized spacial score (nSPS) is 22.7. The van der Waals surface area contributed by atoms with Gasteiger partial charge in [-0.25, -0.2) is 0 Å². The number of phenolic OH excluding ortho intramolecular Hbond substituents is 1. The molecule has 0 unspecified atom stereocenters. The van der Waals surface area contributed by atoms with E-state index in [2.05, 4.69) is 33.5 Å². The monoisotopic (exact) mass is 1080 g/mol. The molecule has 7 amide bonds. The smallest absolute Gasteiger partial charge is 0.251 e. The van der Waals surface area contributed by atoms with Gasteiger partial charge in [-0.2, -0.15) is 0 Å². The molecule has 18 nitrogen and oxygen atoms in total. The number of hydrogen-bond acceptors (Lipinski definition) is 11. The number of nitrogens with two attached hydrogens (primary N) is 2. The molecule has 0 radical (unpaired) electrons. The molecule has 3 saturated heterocycles. The lowest BCUT2D eigenvalue weighted by molar-refractivity contribution is -0.143.